The summed E-state index contributed by atoms with van der Waals surface area (Å²) in [7, 11) is 0. The molecule has 24 heavy (non-hydrogen) atoms. The molecule has 1 aliphatic rings. The van der Waals surface area contributed by atoms with Crippen molar-refractivity contribution in [2.24, 2.45) is 0 Å². The Morgan fingerprint density at radius 2 is 2.00 bits per heavy atom. The van der Waals surface area contributed by atoms with Crippen LogP contribution in [-0.4, -0.2) is 31.2 Å². The lowest BCUT2D eigenvalue weighted by molar-refractivity contribution is 0.203. The first-order valence-electron chi connectivity index (χ1n) is 8.31. The third-order valence-electron chi connectivity index (χ3n) is 4.49. The van der Waals surface area contributed by atoms with E-state index in [1.807, 2.05) is 18.5 Å². The van der Waals surface area contributed by atoms with Crippen LogP contribution in [0.2, 0.25) is 0 Å². The van der Waals surface area contributed by atoms with E-state index in [9.17, 15) is 0 Å². The van der Waals surface area contributed by atoms with Crippen LogP contribution in [0.1, 0.15) is 22.5 Å². The third kappa shape index (κ3) is 2.95. The van der Waals surface area contributed by atoms with Gasteiger partial charge in [0, 0.05) is 32.0 Å². The van der Waals surface area contributed by atoms with Gasteiger partial charge >= 0.3 is 0 Å². The maximum Gasteiger partial charge on any atom is 0.111 e. The van der Waals surface area contributed by atoms with Crippen molar-refractivity contribution in [2.45, 2.75) is 33.5 Å². The van der Waals surface area contributed by atoms with Crippen molar-refractivity contribution >= 4 is 0 Å². The molecule has 1 aliphatic heterocycles. The van der Waals surface area contributed by atoms with Crippen molar-refractivity contribution in [3.05, 3.63) is 65.2 Å². The average Bonchev–Trinajstić information content (AvgIpc) is 3.00. The topological polar surface area (TPSA) is 46.8 Å². The van der Waals surface area contributed by atoms with Crippen LogP contribution in [0.3, 0.4) is 0 Å². The largest absolute Gasteiger partial charge is 0.290 e. The lowest BCUT2D eigenvalue weighted by Gasteiger charge is -2.27. The molecule has 5 heteroatoms. The van der Waals surface area contributed by atoms with Crippen LogP contribution in [0.5, 0.6) is 0 Å². The van der Waals surface area contributed by atoms with Crippen LogP contribution in [0.25, 0.3) is 11.4 Å². The fourth-order valence-electron chi connectivity index (χ4n) is 3.15. The Labute approximate surface area is 142 Å². The molecule has 5 nitrogen and oxygen atoms in total. The van der Waals surface area contributed by atoms with Gasteiger partial charge in [0.05, 0.1) is 23.6 Å². The maximum absolute atomic E-state index is 4.75. The number of hydrogen-bond acceptors (Lipinski definition) is 4. The molecular formula is C19H21N5. The van der Waals surface area contributed by atoms with Crippen LogP contribution in [-0.2, 0) is 19.6 Å². The summed E-state index contributed by atoms with van der Waals surface area (Å²) in [5.74, 6) is 0. The fraction of sp³-hybridized carbons (Fsp3) is 0.316. The molecule has 4 heterocycles. The number of hydrogen-bond donors (Lipinski definition) is 0. The van der Waals surface area contributed by atoms with E-state index in [4.69, 9.17) is 5.10 Å². The highest BCUT2D eigenvalue weighted by molar-refractivity contribution is 5.58. The van der Waals surface area contributed by atoms with Crippen molar-refractivity contribution in [1.29, 1.82) is 0 Å². The Morgan fingerprint density at radius 1 is 1.08 bits per heavy atom. The number of rotatable bonds is 3. The lowest BCUT2D eigenvalue weighted by Crippen LogP contribution is -2.33. The second-order valence-electron chi connectivity index (χ2n) is 6.45. The molecule has 4 rings (SSSR count). The van der Waals surface area contributed by atoms with Crippen molar-refractivity contribution in [1.82, 2.24) is 24.6 Å². The van der Waals surface area contributed by atoms with Gasteiger partial charge in [0.25, 0.3) is 0 Å². The molecule has 0 saturated carbocycles. The van der Waals surface area contributed by atoms with Gasteiger partial charge in [-0.1, -0.05) is 12.1 Å². The van der Waals surface area contributed by atoms with Gasteiger partial charge in [-0.05, 0) is 43.2 Å². The van der Waals surface area contributed by atoms with E-state index in [1.165, 1.54) is 11.3 Å². The summed E-state index contributed by atoms with van der Waals surface area (Å²) in [5, 5.41) is 4.75. The Bertz CT molecular complexity index is 850. The van der Waals surface area contributed by atoms with Crippen molar-refractivity contribution in [3.63, 3.8) is 0 Å². The van der Waals surface area contributed by atoms with E-state index in [0.717, 1.165) is 48.8 Å². The first kappa shape index (κ1) is 15.0. The minimum Gasteiger partial charge on any atom is -0.290 e. The van der Waals surface area contributed by atoms with E-state index < -0.39 is 0 Å². The van der Waals surface area contributed by atoms with Gasteiger partial charge < -0.3 is 0 Å². The molecule has 0 aliphatic carbocycles. The Morgan fingerprint density at radius 3 is 2.79 bits per heavy atom. The van der Waals surface area contributed by atoms with Gasteiger partial charge in [-0.15, -0.1) is 0 Å². The molecule has 122 valence electrons. The zero-order valence-electron chi connectivity index (χ0n) is 14.1. The zero-order valence-corrected chi connectivity index (χ0v) is 14.1. The van der Waals surface area contributed by atoms with Gasteiger partial charge in [0.1, 0.15) is 5.69 Å². The summed E-state index contributed by atoms with van der Waals surface area (Å²) in [6.07, 6.45) is 3.77. The molecule has 0 radical (unpaired) electrons. The number of nitrogens with zero attached hydrogens (tertiary/aromatic N) is 5. The second-order valence-corrected chi connectivity index (χ2v) is 6.45. The normalized spacial score (nSPS) is 14.6. The minimum atomic E-state index is 0.878. The first-order valence-corrected chi connectivity index (χ1v) is 8.31. The van der Waals surface area contributed by atoms with Crippen LogP contribution in [0.4, 0.5) is 0 Å². The fourth-order valence-corrected chi connectivity index (χ4v) is 3.15. The molecule has 3 aromatic rings. The molecule has 0 fully saturated rings. The van der Waals surface area contributed by atoms with Crippen molar-refractivity contribution in [2.75, 3.05) is 6.54 Å². The van der Waals surface area contributed by atoms with Crippen molar-refractivity contribution < 1.29 is 0 Å². The highest BCUT2D eigenvalue weighted by Crippen LogP contribution is 2.23. The lowest BCUT2D eigenvalue weighted by atomic mass is 10.1. The minimum absolute atomic E-state index is 0.878. The van der Waals surface area contributed by atoms with Crippen LogP contribution in [0, 0.1) is 13.8 Å². The molecule has 0 N–H and O–H groups in total. The molecule has 3 aromatic heterocycles. The van der Waals surface area contributed by atoms with E-state index >= 15 is 0 Å². The smallest absolute Gasteiger partial charge is 0.111 e. The second kappa shape index (κ2) is 6.17. The highest BCUT2D eigenvalue weighted by Gasteiger charge is 2.20. The standard InChI is InChI=1S/C19H21N5/c1-14-5-6-16(21-11-14)12-23-8-9-24-17(13-23)10-18(22-24)19-15(2)4-3-7-20-19/h3-7,10-11H,8-9,12-13H2,1-2H3. The predicted molar refractivity (Wildman–Crippen MR) is 93.3 cm³/mol. The molecule has 0 bridgehead atoms. The first-order chi connectivity index (χ1) is 11.7. The van der Waals surface area contributed by atoms with Gasteiger partial charge in [-0.3, -0.25) is 19.5 Å². The predicted octanol–water partition coefficient (Wildman–Crippen LogP) is 2.97. The van der Waals surface area contributed by atoms with E-state index in [1.54, 1.807) is 0 Å². The van der Waals surface area contributed by atoms with Gasteiger partial charge in [0.15, 0.2) is 0 Å². The highest BCUT2D eigenvalue weighted by atomic mass is 15.3. The number of aromatic nitrogens is 4. The summed E-state index contributed by atoms with van der Waals surface area (Å²) in [5.41, 5.74) is 6.67. The third-order valence-corrected chi connectivity index (χ3v) is 4.49. The monoisotopic (exact) mass is 319 g/mol. The van der Waals surface area contributed by atoms with E-state index in [2.05, 4.69) is 57.7 Å². The number of aryl methyl sites for hydroxylation is 2. The summed E-state index contributed by atoms with van der Waals surface area (Å²) in [6, 6.07) is 10.5. The SMILES string of the molecule is Cc1ccc(CN2CCn3nc(-c4ncccc4C)cc3C2)nc1. The summed E-state index contributed by atoms with van der Waals surface area (Å²) in [4.78, 5) is 11.4. The summed E-state index contributed by atoms with van der Waals surface area (Å²) < 4.78 is 2.11. The quantitative estimate of drug-likeness (QED) is 0.744. The maximum atomic E-state index is 4.75. The van der Waals surface area contributed by atoms with E-state index in [0.29, 0.717) is 0 Å². The van der Waals surface area contributed by atoms with Crippen LogP contribution >= 0.6 is 0 Å². The Kier molecular flexibility index (Phi) is 3.86. The van der Waals surface area contributed by atoms with Gasteiger partial charge in [-0.25, -0.2) is 0 Å². The number of fused-ring (bicyclic) bond motifs is 1. The van der Waals surface area contributed by atoms with Gasteiger partial charge in [0.2, 0.25) is 0 Å². The van der Waals surface area contributed by atoms with Crippen LogP contribution < -0.4 is 0 Å². The Hall–Kier alpha value is -2.53. The molecule has 0 saturated heterocycles. The molecule has 0 aromatic carbocycles. The van der Waals surface area contributed by atoms with Gasteiger partial charge in [-0.2, -0.15) is 5.10 Å². The molecular weight excluding hydrogens is 298 g/mol. The van der Waals surface area contributed by atoms with E-state index in [-0.39, 0.29) is 0 Å². The summed E-state index contributed by atoms with van der Waals surface area (Å²) in [6.45, 7) is 7.82. The molecule has 0 amide bonds. The van der Waals surface area contributed by atoms with Crippen molar-refractivity contribution in [3.8, 4) is 11.4 Å². The molecule has 0 spiro atoms. The summed E-state index contributed by atoms with van der Waals surface area (Å²) >= 11 is 0. The van der Waals surface area contributed by atoms with Crippen LogP contribution in [0.15, 0.2) is 42.7 Å². The number of pyridine rings is 2. The molecule has 0 atom stereocenters. The Balaban J connectivity index is 1.53. The zero-order chi connectivity index (χ0) is 16.5. The average molecular weight is 319 g/mol. The molecule has 0 unspecified atom stereocenters.